The van der Waals surface area contributed by atoms with Crippen LogP contribution in [0.3, 0.4) is 0 Å². The van der Waals surface area contributed by atoms with Crippen LogP contribution in [0, 0.1) is 5.92 Å². The minimum atomic E-state index is 0.109. The van der Waals surface area contributed by atoms with Crippen molar-refractivity contribution >= 4 is 23.2 Å². The molecule has 2 aromatic rings. The predicted octanol–water partition coefficient (Wildman–Crippen LogP) is 3.50. The van der Waals surface area contributed by atoms with E-state index in [1.54, 1.807) is 7.11 Å². The second-order valence-corrected chi connectivity index (χ2v) is 6.73. The number of guanidine groups is 1. The average molecular weight is 366 g/mol. The first-order chi connectivity index (χ1) is 13.2. The van der Waals surface area contributed by atoms with E-state index in [0.29, 0.717) is 19.1 Å². The van der Waals surface area contributed by atoms with Crippen LogP contribution in [-0.2, 0) is 22.7 Å². The van der Waals surface area contributed by atoms with Crippen LogP contribution in [-0.4, -0.2) is 19.0 Å². The van der Waals surface area contributed by atoms with Gasteiger partial charge in [0.2, 0.25) is 5.91 Å². The van der Waals surface area contributed by atoms with Gasteiger partial charge in [-0.05, 0) is 36.6 Å². The monoisotopic (exact) mass is 366 g/mol. The molecule has 0 spiro atoms. The number of ether oxygens (including phenoxy) is 1. The number of nitrogens with two attached hydrogens (primary N) is 1. The number of nitrogens with zero attached hydrogens (tertiary/aromatic N) is 1. The Balaban J connectivity index is 1.60. The molecule has 142 valence electrons. The highest BCUT2D eigenvalue weighted by atomic mass is 16.5. The number of nitrogens with one attached hydrogen (secondary N) is 2. The van der Waals surface area contributed by atoms with Crippen LogP contribution < -0.4 is 16.4 Å². The van der Waals surface area contributed by atoms with Crippen molar-refractivity contribution in [2.75, 3.05) is 17.7 Å². The van der Waals surface area contributed by atoms with Gasteiger partial charge >= 0.3 is 0 Å². The molecule has 3 rings (SSSR count). The summed E-state index contributed by atoms with van der Waals surface area (Å²) in [5.41, 5.74) is 9.71. The highest BCUT2D eigenvalue weighted by molar-refractivity contribution is 5.93. The lowest BCUT2D eigenvalue weighted by molar-refractivity contribution is -0.122. The zero-order valence-electron chi connectivity index (χ0n) is 15.6. The van der Waals surface area contributed by atoms with Gasteiger partial charge in [0.15, 0.2) is 5.96 Å². The van der Waals surface area contributed by atoms with Gasteiger partial charge < -0.3 is 21.1 Å². The third kappa shape index (κ3) is 5.31. The van der Waals surface area contributed by atoms with Crippen molar-refractivity contribution in [2.45, 2.75) is 32.4 Å². The van der Waals surface area contributed by atoms with Crippen LogP contribution in [0.15, 0.2) is 53.5 Å². The van der Waals surface area contributed by atoms with Gasteiger partial charge in [-0.1, -0.05) is 36.8 Å². The average Bonchev–Trinajstić information content (AvgIpc) is 2.61. The van der Waals surface area contributed by atoms with Crippen LogP contribution in [0.4, 0.5) is 11.4 Å². The second-order valence-electron chi connectivity index (χ2n) is 6.73. The molecule has 2 aromatic carbocycles. The second kappa shape index (κ2) is 9.19. The summed E-state index contributed by atoms with van der Waals surface area (Å²) < 4.78 is 5.20. The van der Waals surface area contributed by atoms with Crippen LogP contribution in [0.1, 0.15) is 30.4 Å². The van der Waals surface area contributed by atoms with Gasteiger partial charge in [-0.25, -0.2) is 4.99 Å². The number of benzene rings is 2. The summed E-state index contributed by atoms with van der Waals surface area (Å²) in [7, 11) is 1.66. The largest absolute Gasteiger partial charge is 0.380 e. The Morgan fingerprint density at radius 3 is 2.74 bits per heavy atom. The number of para-hydroxylation sites is 1. The van der Waals surface area contributed by atoms with Crippen LogP contribution in [0.2, 0.25) is 0 Å². The fourth-order valence-electron chi connectivity index (χ4n) is 2.94. The van der Waals surface area contributed by atoms with E-state index in [-0.39, 0.29) is 11.8 Å². The van der Waals surface area contributed by atoms with Gasteiger partial charge in [0, 0.05) is 30.0 Å². The van der Waals surface area contributed by atoms with Crippen molar-refractivity contribution < 1.29 is 9.53 Å². The van der Waals surface area contributed by atoms with E-state index in [0.717, 1.165) is 41.8 Å². The van der Waals surface area contributed by atoms with Gasteiger partial charge in [0.25, 0.3) is 0 Å². The maximum absolute atomic E-state index is 12.1. The number of carbonyl (C=O) groups is 1. The molecule has 1 aliphatic carbocycles. The van der Waals surface area contributed by atoms with Crippen LogP contribution in [0.5, 0.6) is 0 Å². The lowest BCUT2D eigenvalue weighted by Crippen LogP contribution is -2.28. The number of aliphatic imine (C=N–C) groups is 1. The van der Waals surface area contributed by atoms with Crippen molar-refractivity contribution in [3.63, 3.8) is 0 Å². The lowest BCUT2D eigenvalue weighted by Gasteiger charge is -2.24. The first-order valence-electron chi connectivity index (χ1n) is 9.19. The number of hydrogen-bond acceptors (Lipinski definition) is 3. The third-order valence-corrected chi connectivity index (χ3v) is 4.68. The minimum absolute atomic E-state index is 0.109. The Labute approximate surface area is 159 Å². The molecule has 0 unspecified atom stereocenters. The maximum Gasteiger partial charge on any atom is 0.227 e. The van der Waals surface area contributed by atoms with Crippen molar-refractivity contribution in [2.24, 2.45) is 16.6 Å². The normalized spacial score (nSPS) is 14.5. The maximum atomic E-state index is 12.1. The first-order valence-corrected chi connectivity index (χ1v) is 9.19. The molecule has 0 aromatic heterocycles. The number of rotatable bonds is 7. The summed E-state index contributed by atoms with van der Waals surface area (Å²) in [4.78, 5) is 16.5. The van der Waals surface area contributed by atoms with E-state index in [1.165, 1.54) is 0 Å². The Hall–Kier alpha value is -2.86. The van der Waals surface area contributed by atoms with E-state index in [9.17, 15) is 4.79 Å². The summed E-state index contributed by atoms with van der Waals surface area (Å²) >= 11 is 0. The molecular formula is C21H26N4O2. The highest BCUT2D eigenvalue weighted by Gasteiger charge is 2.25. The highest BCUT2D eigenvalue weighted by Crippen LogP contribution is 2.27. The molecule has 0 heterocycles. The van der Waals surface area contributed by atoms with E-state index < -0.39 is 0 Å². The Kier molecular flexibility index (Phi) is 6.44. The summed E-state index contributed by atoms with van der Waals surface area (Å²) in [6.45, 7) is 0.928. The standard InChI is InChI=1S/C21H26N4O2/c1-27-14-17-7-2-3-11-19(17)25-21(22)23-13-15-6-4-10-18(12-15)24-20(26)16-8-5-9-16/h2-4,6-7,10-12,16H,5,8-9,13-14H2,1H3,(H,24,26)(H3,22,23,25). The predicted molar refractivity (Wildman–Crippen MR) is 109 cm³/mol. The quantitative estimate of drug-likeness (QED) is 0.517. The fourth-order valence-corrected chi connectivity index (χ4v) is 2.94. The SMILES string of the molecule is COCc1ccccc1NC(N)=NCc1cccc(NC(=O)C2CCC2)c1. The zero-order valence-corrected chi connectivity index (χ0v) is 15.6. The number of methoxy groups -OCH3 is 1. The zero-order chi connectivity index (χ0) is 19.1. The molecule has 0 atom stereocenters. The van der Waals surface area contributed by atoms with Gasteiger partial charge in [0.1, 0.15) is 0 Å². The first kappa shape index (κ1) is 18.9. The lowest BCUT2D eigenvalue weighted by atomic mass is 9.85. The molecule has 4 N–H and O–H groups in total. The fraction of sp³-hybridized carbons (Fsp3) is 0.333. The molecule has 27 heavy (non-hydrogen) atoms. The Bertz CT molecular complexity index is 815. The summed E-state index contributed by atoms with van der Waals surface area (Å²) in [5, 5.41) is 6.11. The van der Waals surface area contributed by atoms with Gasteiger partial charge in [-0.15, -0.1) is 0 Å². The molecule has 1 aliphatic rings. The van der Waals surface area contributed by atoms with Crippen LogP contribution >= 0.6 is 0 Å². The van der Waals surface area contributed by atoms with Gasteiger partial charge in [0.05, 0.1) is 13.2 Å². The minimum Gasteiger partial charge on any atom is -0.380 e. The molecule has 1 saturated carbocycles. The van der Waals surface area contributed by atoms with Gasteiger partial charge in [-0.3, -0.25) is 4.79 Å². The number of amides is 1. The molecule has 1 amide bonds. The van der Waals surface area contributed by atoms with Crippen molar-refractivity contribution in [1.82, 2.24) is 0 Å². The molecule has 6 heteroatoms. The van der Waals surface area contributed by atoms with Crippen molar-refractivity contribution in [1.29, 1.82) is 0 Å². The van der Waals surface area contributed by atoms with Crippen molar-refractivity contribution in [3.05, 3.63) is 59.7 Å². The summed E-state index contributed by atoms with van der Waals surface area (Å²) in [6.07, 6.45) is 3.12. The van der Waals surface area contributed by atoms with E-state index in [4.69, 9.17) is 10.5 Å². The van der Waals surface area contributed by atoms with E-state index in [2.05, 4.69) is 15.6 Å². The topological polar surface area (TPSA) is 88.7 Å². The number of hydrogen-bond donors (Lipinski definition) is 3. The number of anilines is 2. The molecule has 0 saturated heterocycles. The smallest absolute Gasteiger partial charge is 0.227 e. The molecule has 6 nitrogen and oxygen atoms in total. The van der Waals surface area contributed by atoms with Gasteiger partial charge in [-0.2, -0.15) is 0 Å². The summed E-state index contributed by atoms with van der Waals surface area (Å²) in [5.74, 6) is 0.610. The molecular weight excluding hydrogens is 340 g/mol. The molecule has 0 aliphatic heterocycles. The van der Waals surface area contributed by atoms with Crippen molar-refractivity contribution in [3.8, 4) is 0 Å². The Morgan fingerprint density at radius 2 is 2.00 bits per heavy atom. The van der Waals surface area contributed by atoms with Crippen LogP contribution in [0.25, 0.3) is 0 Å². The Morgan fingerprint density at radius 1 is 1.19 bits per heavy atom. The summed E-state index contributed by atoms with van der Waals surface area (Å²) in [6, 6.07) is 15.5. The molecule has 0 radical (unpaired) electrons. The third-order valence-electron chi connectivity index (χ3n) is 4.68. The number of carbonyl (C=O) groups excluding carboxylic acids is 1. The van der Waals surface area contributed by atoms with E-state index in [1.807, 2.05) is 48.5 Å². The molecule has 1 fully saturated rings. The molecule has 0 bridgehead atoms. The van der Waals surface area contributed by atoms with E-state index >= 15 is 0 Å².